The lowest BCUT2D eigenvalue weighted by Gasteiger charge is -2.40. The Morgan fingerprint density at radius 2 is 1.91 bits per heavy atom. The first-order valence-corrected chi connectivity index (χ1v) is 11.6. The summed E-state index contributed by atoms with van der Waals surface area (Å²) < 4.78 is 17.6. The summed E-state index contributed by atoms with van der Waals surface area (Å²) in [5, 5.41) is 3.56. The van der Waals surface area contributed by atoms with Gasteiger partial charge in [0.25, 0.3) is 0 Å². The average Bonchev–Trinajstić information content (AvgIpc) is 3.42. The van der Waals surface area contributed by atoms with Gasteiger partial charge in [0.1, 0.15) is 12.0 Å². The Balaban J connectivity index is 1.28. The van der Waals surface area contributed by atoms with Crippen LogP contribution >= 0.6 is 0 Å². The molecule has 3 aliphatic rings. The van der Waals surface area contributed by atoms with E-state index in [1.165, 1.54) is 22.4 Å². The smallest absolute Gasteiger partial charge is 0.171 e. The predicted molar refractivity (Wildman–Crippen MR) is 125 cm³/mol. The van der Waals surface area contributed by atoms with Crippen LogP contribution in [0.3, 0.4) is 0 Å². The van der Waals surface area contributed by atoms with E-state index < -0.39 is 0 Å². The standard InChI is InChI=1S/C26H32N2O4/c1-18-3-4-20(16-27-22-5-6-23-21(7-12-29)17-30-24(23)15-22)19(2)25(18)28-10-8-26(9-11-28)31-13-14-32-26/h3-6,12,15,21,27H,7-11,13-14,16-17H2,1-2H3/t21-/m1/s1. The third-order valence-electron chi connectivity index (χ3n) is 7.16. The van der Waals surface area contributed by atoms with Gasteiger partial charge in [0, 0.05) is 67.8 Å². The van der Waals surface area contributed by atoms with E-state index in [4.69, 9.17) is 14.2 Å². The van der Waals surface area contributed by atoms with E-state index >= 15 is 0 Å². The first-order chi connectivity index (χ1) is 15.6. The minimum atomic E-state index is -0.349. The summed E-state index contributed by atoms with van der Waals surface area (Å²) in [5.74, 6) is 0.724. The molecule has 6 heteroatoms. The number of anilines is 2. The Kier molecular flexibility index (Phi) is 5.82. The maximum atomic E-state index is 10.9. The molecular weight excluding hydrogens is 404 g/mol. The Morgan fingerprint density at radius 3 is 2.66 bits per heavy atom. The third kappa shape index (κ3) is 3.97. The second-order valence-electron chi connectivity index (χ2n) is 9.13. The minimum absolute atomic E-state index is 0.183. The first-order valence-electron chi connectivity index (χ1n) is 11.6. The molecule has 1 N–H and O–H groups in total. The Labute approximate surface area is 189 Å². The van der Waals surface area contributed by atoms with Gasteiger partial charge in [-0.3, -0.25) is 0 Å². The summed E-state index contributed by atoms with van der Waals surface area (Å²) in [5.41, 5.74) is 7.43. The van der Waals surface area contributed by atoms with Crippen LogP contribution in [0.15, 0.2) is 30.3 Å². The molecule has 0 radical (unpaired) electrons. The van der Waals surface area contributed by atoms with Crippen LogP contribution in [0.4, 0.5) is 11.4 Å². The molecule has 2 fully saturated rings. The molecule has 1 atom stereocenters. The second-order valence-corrected chi connectivity index (χ2v) is 9.13. The van der Waals surface area contributed by atoms with Crippen molar-refractivity contribution in [1.29, 1.82) is 0 Å². The maximum absolute atomic E-state index is 10.9. The van der Waals surface area contributed by atoms with Crippen LogP contribution < -0.4 is 15.0 Å². The fourth-order valence-corrected chi connectivity index (χ4v) is 5.31. The number of hydrogen-bond acceptors (Lipinski definition) is 6. The Hall–Kier alpha value is -2.57. The minimum Gasteiger partial charge on any atom is -0.493 e. The van der Waals surface area contributed by atoms with Gasteiger partial charge in [-0.05, 0) is 36.6 Å². The number of benzene rings is 2. The number of hydrogen-bond donors (Lipinski definition) is 1. The monoisotopic (exact) mass is 436 g/mol. The zero-order valence-electron chi connectivity index (χ0n) is 19.0. The van der Waals surface area contributed by atoms with Crippen molar-refractivity contribution in [2.45, 2.75) is 51.4 Å². The van der Waals surface area contributed by atoms with E-state index in [2.05, 4.69) is 54.4 Å². The lowest BCUT2D eigenvalue weighted by atomic mass is 9.97. The number of carbonyl (C=O) groups is 1. The molecule has 0 aromatic heterocycles. The van der Waals surface area contributed by atoms with Crippen LogP contribution in [-0.4, -0.2) is 45.0 Å². The zero-order chi connectivity index (χ0) is 22.1. The van der Waals surface area contributed by atoms with Crippen molar-refractivity contribution in [3.8, 4) is 5.75 Å². The second kappa shape index (κ2) is 8.75. The molecule has 170 valence electrons. The highest BCUT2D eigenvalue weighted by atomic mass is 16.7. The normalized spacial score (nSPS) is 21.4. The molecule has 1 spiro atoms. The maximum Gasteiger partial charge on any atom is 0.171 e. The van der Waals surface area contributed by atoms with Crippen molar-refractivity contribution in [2.24, 2.45) is 0 Å². The van der Waals surface area contributed by atoms with Crippen molar-refractivity contribution >= 4 is 17.7 Å². The molecular formula is C26H32N2O4. The summed E-state index contributed by atoms with van der Waals surface area (Å²) in [6, 6.07) is 10.7. The highest BCUT2D eigenvalue weighted by Gasteiger charge is 2.40. The molecule has 32 heavy (non-hydrogen) atoms. The fraction of sp³-hybridized carbons (Fsp3) is 0.500. The summed E-state index contributed by atoms with van der Waals surface area (Å²) in [6.07, 6.45) is 3.31. The molecule has 0 bridgehead atoms. The topological polar surface area (TPSA) is 60.0 Å². The summed E-state index contributed by atoms with van der Waals surface area (Å²) >= 11 is 0. The highest BCUT2D eigenvalue weighted by molar-refractivity contribution is 5.63. The SMILES string of the molecule is Cc1ccc(CNc2ccc3c(c2)OC[C@H]3CC=O)c(C)c1N1CCC2(CC1)OCCO2. The van der Waals surface area contributed by atoms with Gasteiger partial charge in [-0.2, -0.15) is 0 Å². The molecule has 0 amide bonds. The molecule has 2 saturated heterocycles. The molecule has 6 nitrogen and oxygen atoms in total. The van der Waals surface area contributed by atoms with Crippen LogP contribution in [-0.2, 0) is 20.8 Å². The van der Waals surface area contributed by atoms with E-state index in [1.54, 1.807) is 0 Å². The van der Waals surface area contributed by atoms with Crippen LogP contribution in [0.1, 0.15) is 47.4 Å². The van der Waals surface area contributed by atoms with Crippen molar-refractivity contribution in [3.63, 3.8) is 0 Å². The number of fused-ring (bicyclic) bond motifs is 1. The number of aldehydes is 1. The summed E-state index contributed by atoms with van der Waals surface area (Å²) in [7, 11) is 0. The van der Waals surface area contributed by atoms with Crippen molar-refractivity contribution in [1.82, 2.24) is 0 Å². The first kappa shape index (κ1) is 21.3. The number of nitrogens with zero attached hydrogens (tertiary/aromatic N) is 1. The molecule has 0 aliphatic carbocycles. The van der Waals surface area contributed by atoms with Gasteiger partial charge in [-0.1, -0.05) is 18.2 Å². The van der Waals surface area contributed by atoms with E-state index in [1.807, 2.05) is 0 Å². The number of rotatable bonds is 6. The van der Waals surface area contributed by atoms with Gasteiger partial charge in [0.05, 0.1) is 19.8 Å². The lowest BCUT2D eigenvalue weighted by Crippen LogP contribution is -2.45. The predicted octanol–water partition coefficient (Wildman–Crippen LogP) is 4.32. The molecule has 3 heterocycles. The average molecular weight is 437 g/mol. The number of piperidine rings is 1. The van der Waals surface area contributed by atoms with Crippen molar-refractivity contribution < 1.29 is 19.0 Å². The van der Waals surface area contributed by atoms with Crippen LogP contribution in [0, 0.1) is 13.8 Å². The van der Waals surface area contributed by atoms with Crippen LogP contribution in [0.2, 0.25) is 0 Å². The van der Waals surface area contributed by atoms with Gasteiger partial charge in [0.2, 0.25) is 0 Å². The molecule has 2 aromatic rings. The van der Waals surface area contributed by atoms with Crippen molar-refractivity contribution in [2.75, 3.05) is 43.1 Å². The van der Waals surface area contributed by atoms with E-state index in [0.29, 0.717) is 26.2 Å². The van der Waals surface area contributed by atoms with Gasteiger partial charge in [-0.25, -0.2) is 0 Å². The zero-order valence-corrected chi connectivity index (χ0v) is 19.0. The number of aryl methyl sites for hydroxylation is 1. The quantitative estimate of drug-likeness (QED) is 0.681. The van der Waals surface area contributed by atoms with E-state index in [0.717, 1.165) is 55.8 Å². The van der Waals surface area contributed by atoms with Crippen LogP contribution in [0.5, 0.6) is 5.75 Å². The molecule has 5 rings (SSSR count). The number of carbonyl (C=O) groups excluding carboxylic acids is 1. The van der Waals surface area contributed by atoms with Gasteiger partial charge in [-0.15, -0.1) is 0 Å². The molecule has 2 aromatic carbocycles. The number of ether oxygens (including phenoxy) is 3. The Bertz CT molecular complexity index is 990. The van der Waals surface area contributed by atoms with Crippen molar-refractivity contribution in [3.05, 3.63) is 52.6 Å². The summed E-state index contributed by atoms with van der Waals surface area (Å²) in [6.45, 7) is 9.08. The van der Waals surface area contributed by atoms with Gasteiger partial charge >= 0.3 is 0 Å². The third-order valence-corrected chi connectivity index (χ3v) is 7.16. The van der Waals surface area contributed by atoms with E-state index in [-0.39, 0.29) is 11.7 Å². The van der Waals surface area contributed by atoms with E-state index in [9.17, 15) is 4.79 Å². The molecule has 0 unspecified atom stereocenters. The molecule has 0 saturated carbocycles. The Morgan fingerprint density at radius 1 is 1.12 bits per heavy atom. The lowest BCUT2D eigenvalue weighted by molar-refractivity contribution is -0.169. The van der Waals surface area contributed by atoms with Gasteiger partial charge < -0.3 is 29.2 Å². The fourth-order valence-electron chi connectivity index (χ4n) is 5.31. The highest BCUT2D eigenvalue weighted by Crippen LogP contribution is 2.38. The largest absolute Gasteiger partial charge is 0.493 e. The summed E-state index contributed by atoms with van der Waals surface area (Å²) in [4.78, 5) is 13.4. The van der Waals surface area contributed by atoms with Crippen LogP contribution in [0.25, 0.3) is 0 Å². The number of nitrogens with one attached hydrogen (secondary N) is 1. The molecule has 3 aliphatic heterocycles. The van der Waals surface area contributed by atoms with Gasteiger partial charge in [0.15, 0.2) is 5.79 Å².